The molecule has 1 aromatic rings. The molecule has 1 atom stereocenters. The first-order valence-electron chi connectivity index (χ1n) is 5.95. The Hall–Kier alpha value is -1.16. The highest BCUT2D eigenvalue weighted by Gasteiger charge is 2.14. The molecular formula is C12H20N4. The average molecular weight is 220 g/mol. The van der Waals surface area contributed by atoms with Gasteiger partial charge in [-0.1, -0.05) is 0 Å². The van der Waals surface area contributed by atoms with Gasteiger partial charge in [-0.05, 0) is 44.3 Å². The highest BCUT2D eigenvalue weighted by molar-refractivity contribution is 5.27. The highest BCUT2D eigenvalue weighted by Crippen LogP contribution is 2.15. The molecule has 4 heteroatoms. The second kappa shape index (κ2) is 5.25. The number of hydrogen-bond donors (Lipinski definition) is 1. The van der Waals surface area contributed by atoms with Gasteiger partial charge in [-0.15, -0.1) is 0 Å². The Labute approximate surface area is 97.1 Å². The molecule has 0 aliphatic carbocycles. The molecule has 1 aromatic heterocycles. The number of aromatic nitrogens is 2. The molecule has 0 bridgehead atoms. The summed E-state index contributed by atoms with van der Waals surface area (Å²) in [5.41, 5.74) is 1.16. The van der Waals surface area contributed by atoms with Crippen LogP contribution in [0.2, 0.25) is 0 Å². The molecule has 0 saturated carbocycles. The van der Waals surface area contributed by atoms with Crippen LogP contribution in [0.15, 0.2) is 12.3 Å². The lowest BCUT2D eigenvalue weighted by Crippen LogP contribution is -2.31. The number of anilines is 1. The maximum absolute atomic E-state index is 4.55. The fraction of sp³-hybridized carbons (Fsp3) is 0.667. The van der Waals surface area contributed by atoms with Crippen LogP contribution in [0.25, 0.3) is 0 Å². The standard InChI is InChI=1S/C12H20N4/c1-16(2)12-14-7-5-11(15-12)8-10-4-3-6-13-9-10/h5,7,10,13H,3-4,6,8-9H2,1-2H3/t10-/m1/s1. The van der Waals surface area contributed by atoms with Crippen molar-refractivity contribution in [3.05, 3.63) is 18.0 Å². The SMILES string of the molecule is CN(C)c1nccc(C[C@H]2CCCNC2)n1. The summed E-state index contributed by atoms with van der Waals surface area (Å²) in [6.07, 6.45) is 5.52. The van der Waals surface area contributed by atoms with Gasteiger partial charge >= 0.3 is 0 Å². The Morgan fingerprint density at radius 3 is 3.06 bits per heavy atom. The zero-order valence-electron chi connectivity index (χ0n) is 10.1. The molecule has 0 unspecified atom stereocenters. The predicted octanol–water partition coefficient (Wildman–Crippen LogP) is 1.08. The number of hydrogen-bond acceptors (Lipinski definition) is 4. The van der Waals surface area contributed by atoms with E-state index in [0.29, 0.717) is 0 Å². The topological polar surface area (TPSA) is 41.1 Å². The van der Waals surface area contributed by atoms with Crippen molar-refractivity contribution < 1.29 is 0 Å². The molecule has 2 heterocycles. The van der Waals surface area contributed by atoms with Gasteiger partial charge in [0.05, 0.1) is 0 Å². The monoisotopic (exact) mass is 220 g/mol. The van der Waals surface area contributed by atoms with E-state index in [2.05, 4.69) is 15.3 Å². The van der Waals surface area contributed by atoms with Gasteiger partial charge in [0, 0.05) is 26.0 Å². The van der Waals surface area contributed by atoms with E-state index in [1.54, 1.807) is 0 Å². The third kappa shape index (κ3) is 2.92. The van der Waals surface area contributed by atoms with Gasteiger partial charge in [-0.25, -0.2) is 9.97 Å². The first kappa shape index (κ1) is 11.3. The molecule has 0 radical (unpaired) electrons. The van der Waals surface area contributed by atoms with Gasteiger partial charge < -0.3 is 10.2 Å². The van der Waals surface area contributed by atoms with Crippen molar-refractivity contribution in [1.82, 2.24) is 15.3 Å². The minimum absolute atomic E-state index is 0.735. The van der Waals surface area contributed by atoms with E-state index in [0.717, 1.165) is 30.5 Å². The third-order valence-corrected chi connectivity index (χ3v) is 3.00. The second-order valence-corrected chi connectivity index (χ2v) is 4.66. The van der Waals surface area contributed by atoms with Crippen LogP contribution in [-0.4, -0.2) is 37.2 Å². The van der Waals surface area contributed by atoms with E-state index >= 15 is 0 Å². The summed E-state index contributed by atoms with van der Waals surface area (Å²) in [6.45, 7) is 2.30. The minimum Gasteiger partial charge on any atom is -0.347 e. The van der Waals surface area contributed by atoms with Crippen LogP contribution in [-0.2, 0) is 6.42 Å². The first-order chi connectivity index (χ1) is 7.75. The van der Waals surface area contributed by atoms with Crippen LogP contribution in [0.3, 0.4) is 0 Å². The first-order valence-corrected chi connectivity index (χ1v) is 5.95. The van der Waals surface area contributed by atoms with E-state index in [1.807, 2.05) is 31.3 Å². The van der Waals surface area contributed by atoms with Gasteiger partial charge in [0.25, 0.3) is 0 Å². The largest absolute Gasteiger partial charge is 0.347 e. The Morgan fingerprint density at radius 1 is 1.50 bits per heavy atom. The molecule has 1 N–H and O–H groups in total. The Kier molecular flexibility index (Phi) is 3.72. The minimum atomic E-state index is 0.735. The summed E-state index contributed by atoms with van der Waals surface area (Å²) in [5, 5.41) is 3.44. The number of nitrogens with one attached hydrogen (secondary N) is 1. The highest BCUT2D eigenvalue weighted by atomic mass is 15.2. The van der Waals surface area contributed by atoms with Crippen molar-refractivity contribution in [1.29, 1.82) is 0 Å². The van der Waals surface area contributed by atoms with E-state index < -0.39 is 0 Å². The smallest absolute Gasteiger partial charge is 0.224 e. The quantitative estimate of drug-likeness (QED) is 0.827. The molecule has 88 valence electrons. The fourth-order valence-electron chi connectivity index (χ4n) is 2.11. The Balaban J connectivity index is 2.00. The van der Waals surface area contributed by atoms with Crippen molar-refractivity contribution in [3.8, 4) is 0 Å². The summed E-state index contributed by atoms with van der Waals surface area (Å²) < 4.78 is 0. The molecule has 0 amide bonds. The summed E-state index contributed by atoms with van der Waals surface area (Å²) in [5.74, 6) is 1.54. The van der Waals surface area contributed by atoms with E-state index in [9.17, 15) is 0 Å². The van der Waals surface area contributed by atoms with Gasteiger partial charge in [-0.2, -0.15) is 0 Å². The number of rotatable bonds is 3. The van der Waals surface area contributed by atoms with E-state index in [-0.39, 0.29) is 0 Å². The van der Waals surface area contributed by atoms with Gasteiger partial charge in [0.1, 0.15) is 0 Å². The zero-order valence-corrected chi connectivity index (χ0v) is 10.1. The van der Waals surface area contributed by atoms with Gasteiger partial charge in [0.2, 0.25) is 5.95 Å². The van der Waals surface area contributed by atoms with Crippen LogP contribution < -0.4 is 10.2 Å². The van der Waals surface area contributed by atoms with Gasteiger partial charge in [-0.3, -0.25) is 0 Å². The zero-order chi connectivity index (χ0) is 11.4. The lowest BCUT2D eigenvalue weighted by molar-refractivity contribution is 0.373. The third-order valence-electron chi connectivity index (χ3n) is 3.00. The number of nitrogens with zero attached hydrogens (tertiary/aromatic N) is 3. The maximum Gasteiger partial charge on any atom is 0.224 e. The molecule has 1 aliphatic rings. The second-order valence-electron chi connectivity index (χ2n) is 4.66. The predicted molar refractivity (Wildman–Crippen MR) is 65.7 cm³/mol. The van der Waals surface area contributed by atoms with Crippen molar-refractivity contribution in [2.45, 2.75) is 19.3 Å². The summed E-state index contributed by atoms with van der Waals surface area (Å²) in [7, 11) is 3.95. The van der Waals surface area contributed by atoms with Crippen LogP contribution in [0, 0.1) is 5.92 Å². The summed E-state index contributed by atoms with van der Waals surface area (Å²) in [4.78, 5) is 10.7. The molecule has 1 fully saturated rings. The van der Waals surface area contributed by atoms with E-state index in [4.69, 9.17) is 0 Å². The molecule has 4 nitrogen and oxygen atoms in total. The van der Waals surface area contributed by atoms with Crippen LogP contribution >= 0.6 is 0 Å². The molecule has 16 heavy (non-hydrogen) atoms. The Morgan fingerprint density at radius 2 is 2.38 bits per heavy atom. The van der Waals surface area contributed by atoms with E-state index in [1.165, 1.54) is 19.4 Å². The molecule has 0 spiro atoms. The lowest BCUT2D eigenvalue weighted by Gasteiger charge is -2.22. The van der Waals surface area contributed by atoms with Crippen LogP contribution in [0.5, 0.6) is 0 Å². The summed E-state index contributed by atoms with van der Waals surface area (Å²) in [6, 6.07) is 2.03. The van der Waals surface area contributed by atoms with Crippen molar-refractivity contribution in [2.75, 3.05) is 32.1 Å². The summed E-state index contributed by atoms with van der Waals surface area (Å²) >= 11 is 0. The van der Waals surface area contributed by atoms with Crippen molar-refractivity contribution in [3.63, 3.8) is 0 Å². The maximum atomic E-state index is 4.55. The molecule has 2 rings (SSSR count). The fourth-order valence-corrected chi connectivity index (χ4v) is 2.11. The molecular weight excluding hydrogens is 200 g/mol. The van der Waals surface area contributed by atoms with Crippen LogP contribution in [0.1, 0.15) is 18.5 Å². The molecule has 0 aromatic carbocycles. The number of piperidine rings is 1. The van der Waals surface area contributed by atoms with Crippen molar-refractivity contribution >= 4 is 5.95 Å². The van der Waals surface area contributed by atoms with Crippen molar-refractivity contribution in [2.24, 2.45) is 5.92 Å². The average Bonchev–Trinajstić information content (AvgIpc) is 2.30. The van der Waals surface area contributed by atoms with Gasteiger partial charge in [0.15, 0.2) is 0 Å². The normalized spacial score (nSPS) is 20.8. The molecule has 1 saturated heterocycles. The lowest BCUT2D eigenvalue weighted by atomic mass is 9.95. The Bertz CT molecular complexity index is 332. The molecule has 1 aliphatic heterocycles. The van der Waals surface area contributed by atoms with Crippen LogP contribution in [0.4, 0.5) is 5.95 Å².